The van der Waals surface area contributed by atoms with Crippen LogP contribution in [0.5, 0.6) is 5.75 Å². The summed E-state index contributed by atoms with van der Waals surface area (Å²) in [5.74, 6) is 0.139. The number of nitrogens with one attached hydrogen (secondary N) is 2. The monoisotopic (exact) mass is 436 g/mol. The molecule has 32 heavy (non-hydrogen) atoms. The number of carbonyl (C=O) groups is 1. The van der Waals surface area contributed by atoms with E-state index in [4.69, 9.17) is 10.5 Å². The Hall–Kier alpha value is -3.19. The lowest BCUT2D eigenvalue weighted by Gasteiger charge is -2.28. The fraction of sp³-hybridized carbons (Fsp3) is 0.360. The van der Waals surface area contributed by atoms with Gasteiger partial charge in [0.05, 0.1) is 13.2 Å². The van der Waals surface area contributed by atoms with Crippen molar-refractivity contribution in [2.75, 3.05) is 7.11 Å². The van der Waals surface area contributed by atoms with E-state index in [1.165, 1.54) is 17.7 Å². The molecule has 0 saturated heterocycles. The van der Waals surface area contributed by atoms with Crippen LogP contribution < -0.4 is 15.8 Å². The molecule has 168 valence electrons. The second-order valence-electron chi connectivity index (χ2n) is 8.64. The zero-order chi connectivity index (χ0) is 22.8. The van der Waals surface area contributed by atoms with E-state index in [-0.39, 0.29) is 29.7 Å². The summed E-state index contributed by atoms with van der Waals surface area (Å²) in [5.41, 5.74) is 10.1. The highest BCUT2D eigenvalue weighted by Crippen LogP contribution is 2.37. The van der Waals surface area contributed by atoms with Crippen LogP contribution in [0, 0.1) is 11.7 Å². The van der Waals surface area contributed by atoms with Crippen molar-refractivity contribution in [1.82, 2.24) is 15.3 Å². The highest BCUT2D eigenvalue weighted by atomic mass is 19.1. The smallest absolute Gasteiger partial charge is 0.234 e. The molecule has 0 radical (unpaired) electrons. The van der Waals surface area contributed by atoms with Crippen molar-refractivity contribution >= 4 is 22.5 Å². The number of benzene rings is 1. The molecule has 1 aromatic carbocycles. The number of halogens is 1. The van der Waals surface area contributed by atoms with E-state index in [1.54, 1.807) is 19.4 Å². The van der Waals surface area contributed by atoms with Crippen molar-refractivity contribution in [3.8, 4) is 16.9 Å². The highest BCUT2D eigenvalue weighted by molar-refractivity contribution is 5.96. The summed E-state index contributed by atoms with van der Waals surface area (Å²) >= 11 is 0. The van der Waals surface area contributed by atoms with Crippen molar-refractivity contribution in [3.63, 3.8) is 0 Å². The zero-order valence-electron chi connectivity index (χ0n) is 18.6. The van der Waals surface area contributed by atoms with Crippen LogP contribution in [-0.2, 0) is 4.79 Å². The molecule has 1 amide bonds. The Morgan fingerprint density at radius 1 is 1.28 bits per heavy atom. The number of rotatable bonds is 7. The van der Waals surface area contributed by atoms with Gasteiger partial charge in [-0.2, -0.15) is 0 Å². The van der Waals surface area contributed by atoms with Crippen LogP contribution >= 0.6 is 0 Å². The van der Waals surface area contributed by atoms with Gasteiger partial charge in [0.25, 0.3) is 0 Å². The second kappa shape index (κ2) is 9.12. The van der Waals surface area contributed by atoms with Crippen LogP contribution in [0.15, 0.2) is 42.6 Å². The summed E-state index contributed by atoms with van der Waals surface area (Å²) in [6, 6.07) is 8.36. The molecule has 7 heteroatoms. The largest absolute Gasteiger partial charge is 0.496 e. The predicted octanol–water partition coefficient (Wildman–Crippen LogP) is 4.41. The minimum Gasteiger partial charge on any atom is -0.496 e. The van der Waals surface area contributed by atoms with Crippen molar-refractivity contribution in [3.05, 3.63) is 54.1 Å². The van der Waals surface area contributed by atoms with E-state index in [0.717, 1.165) is 41.6 Å². The van der Waals surface area contributed by atoms with Gasteiger partial charge < -0.3 is 20.8 Å². The number of aromatic amines is 1. The first-order valence-corrected chi connectivity index (χ1v) is 10.9. The molecule has 6 nitrogen and oxygen atoms in total. The number of nitrogens with zero attached hydrogens (tertiary/aromatic N) is 1. The SMILES string of the molecule is COc1ccc(F)cc1-c1ccnc2[nH]c(C3=CCC(N[C@H](C(N)=O)C(C)C)CC3)cc12. The number of amides is 1. The summed E-state index contributed by atoms with van der Waals surface area (Å²) in [7, 11) is 1.58. The van der Waals surface area contributed by atoms with Crippen LogP contribution in [0.1, 0.15) is 38.8 Å². The summed E-state index contributed by atoms with van der Waals surface area (Å²) in [6.45, 7) is 3.99. The Morgan fingerprint density at radius 3 is 2.75 bits per heavy atom. The molecule has 0 bridgehead atoms. The van der Waals surface area contributed by atoms with Gasteiger partial charge >= 0.3 is 0 Å². The molecular formula is C25H29FN4O2. The Kier molecular flexibility index (Phi) is 6.28. The Labute approximate surface area is 187 Å². The molecule has 0 saturated carbocycles. The first-order chi connectivity index (χ1) is 15.4. The number of fused-ring (bicyclic) bond motifs is 1. The number of aromatic nitrogens is 2. The summed E-state index contributed by atoms with van der Waals surface area (Å²) in [6.07, 6.45) is 6.52. The molecule has 2 atom stereocenters. The van der Waals surface area contributed by atoms with E-state index in [2.05, 4.69) is 27.4 Å². The fourth-order valence-corrected chi connectivity index (χ4v) is 4.41. The molecule has 1 aliphatic carbocycles. The zero-order valence-corrected chi connectivity index (χ0v) is 18.6. The van der Waals surface area contributed by atoms with Gasteiger partial charge in [0.1, 0.15) is 17.2 Å². The molecule has 2 aromatic heterocycles. The summed E-state index contributed by atoms with van der Waals surface area (Å²) in [4.78, 5) is 19.6. The maximum absolute atomic E-state index is 14.0. The molecule has 2 heterocycles. The van der Waals surface area contributed by atoms with Crippen LogP contribution in [-0.4, -0.2) is 35.1 Å². The molecule has 3 aromatic rings. The van der Waals surface area contributed by atoms with Crippen molar-refractivity contribution in [1.29, 1.82) is 0 Å². The average Bonchev–Trinajstić information content (AvgIpc) is 3.22. The molecule has 1 unspecified atom stereocenters. The standard InChI is InChI=1S/C25H29FN4O2/c1-14(2)23(24(27)31)29-17-7-4-15(5-8-17)21-13-20-18(10-11-28-25(20)30-21)19-12-16(26)6-9-22(19)32-3/h4,6,9-14,17,23,29H,5,7-8H2,1-3H3,(H2,27,31)(H,28,30)/t17?,23-/m0/s1. The number of carbonyl (C=O) groups excluding carboxylic acids is 1. The number of hydrogen-bond acceptors (Lipinski definition) is 4. The molecule has 0 spiro atoms. The van der Waals surface area contributed by atoms with E-state index >= 15 is 0 Å². The number of ether oxygens (including phenoxy) is 1. The first-order valence-electron chi connectivity index (χ1n) is 10.9. The minimum absolute atomic E-state index is 0.149. The lowest BCUT2D eigenvalue weighted by molar-refractivity contribution is -0.121. The van der Waals surface area contributed by atoms with Gasteiger partial charge in [0.2, 0.25) is 5.91 Å². The molecule has 1 aliphatic rings. The van der Waals surface area contributed by atoms with Gasteiger partial charge in [-0.05, 0) is 66.6 Å². The summed E-state index contributed by atoms with van der Waals surface area (Å²) in [5, 5.41) is 4.33. The number of H-pyrrole nitrogens is 1. The number of methoxy groups -OCH3 is 1. The lowest BCUT2D eigenvalue weighted by Crippen LogP contribution is -2.49. The third kappa shape index (κ3) is 4.39. The van der Waals surface area contributed by atoms with Gasteiger partial charge in [0, 0.05) is 28.9 Å². The van der Waals surface area contributed by atoms with Gasteiger partial charge in [-0.25, -0.2) is 9.37 Å². The second-order valence-corrected chi connectivity index (χ2v) is 8.64. The van der Waals surface area contributed by atoms with Crippen LogP contribution in [0.3, 0.4) is 0 Å². The van der Waals surface area contributed by atoms with Gasteiger partial charge in [0.15, 0.2) is 0 Å². The average molecular weight is 437 g/mol. The Bertz CT molecular complexity index is 1170. The highest BCUT2D eigenvalue weighted by Gasteiger charge is 2.25. The first kappa shape index (κ1) is 22.0. The van der Waals surface area contributed by atoms with Crippen molar-refractivity contribution in [2.24, 2.45) is 11.7 Å². The number of nitrogens with two attached hydrogens (primary N) is 1. The number of hydrogen-bond donors (Lipinski definition) is 3. The normalized spacial score (nSPS) is 17.4. The number of primary amides is 1. The van der Waals surface area contributed by atoms with Gasteiger partial charge in [-0.3, -0.25) is 4.79 Å². The number of allylic oxidation sites excluding steroid dienone is 1. The fourth-order valence-electron chi connectivity index (χ4n) is 4.41. The van der Waals surface area contributed by atoms with Crippen molar-refractivity contribution in [2.45, 2.75) is 45.2 Å². The maximum Gasteiger partial charge on any atom is 0.234 e. The van der Waals surface area contributed by atoms with E-state index in [1.807, 2.05) is 19.9 Å². The molecule has 0 fully saturated rings. The van der Waals surface area contributed by atoms with E-state index < -0.39 is 0 Å². The predicted molar refractivity (Wildman–Crippen MR) is 125 cm³/mol. The van der Waals surface area contributed by atoms with Gasteiger partial charge in [-0.1, -0.05) is 19.9 Å². The van der Waals surface area contributed by atoms with E-state index in [0.29, 0.717) is 11.3 Å². The molecule has 0 aliphatic heterocycles. The quantitative estimate of drug-likeness (QED) is 0.511. The topological polar surface area (TPSA) is 93.0 Å². The Morgan fingerprint density at radius 2 is 2.09 bits per heavy atom. The van der Waals surface area contributed by atoms with Crippen LogP contribution in [0.25, 0.3) is 27.7 Å². The number of pyridine rings is 1. The third-order valence-corrected chi connectivity index (χ3v) is 6.13. The van der Waals surface area contributed by atoms with E-state index in [9.17, 15) is 9.18 Å². The van der Waals surface area contributed by atoms with Crippen LogP contribution in [0.4, 0.5) is 4.39 Å². The molecule has 4 rings (SSSR count). The lowest BCUT2D eigenvalue weighted by atomic mass is 9.91. The van der Waals surface area contributed by atoms with Gasteiger partial charge in [-0.15, -0.1) is 0 Å². The van der Waals surface area contributed by atoms with Crippen molar-refractivity contribution < 1.29 is 13.9 Å². The summed E-state index contributed by atoms with van der Waals surface area (Å²) < 4.78 is 19.4. The molecule has 4 N–H and O–H groups in total. The Balaban J connectivity index is 1.61. The third-order valence-electron chi connectivity index (χ3n) is 6.13. The van der Waals surface area contributed by atoms with Crippen LogP contribution in [0.2, 0.25) is 0 Å². The minimum atomic E-state index is -0.323. The maximum atomic E-state index is 14.0. The molecular weight excluding hydrogens is 407 g/mol.